The highest BCUT2D eigenvalue weighted by Gasteiger charge is 2.32. The third kappa shape index (κ3) is 2.21. The van der Waals surface area contributed by atoms with Crippen molar-refractivity contribution in [2.45, 2.75) is 24.9 Å². The fourth-order valence-electron chi connectivity index (χ4n) is 1.85. The highest BCUT2D eigenvalue weighted by Crippen LogP contribution is 2.39. The number of pyridine rings is 1. The Balaban J connectivity index is 1.88. The summed E-state index contributed by atoms with van der Waals surface area (Å²) in [6.07, 6.45) is 4.85. The molecule has 1 saturated carbocycles. The zero-order valence-corrected chi connectivity index (χ0v) is 8.89. The Morgan fingerprint density at radius 3 is 3.00 bits per heavy atom. The summed E-state index contributed by atoms with van der Waals surface area (Å²) in [7, 11) is 0. The van der Waals surface area contributed by atoms with Crippen molar-refractivity contribution in [3.63, 3.8) is 0 Å². The lowest BCUT2D eigenvalue weighted by molar-refractivity contribution is 0.0873. The predicted octanol–water partition coefficient (Wildman–Crippen LogP) is 2.21. The van der Waals surface area contributed by atoms with E-state index < -0.39 is 0 Å². The summed E-state index contributed by atoms with van der Waals surface area (Å²) in [5.41, 5.74) is 1.08. The number of rotatable bonds is 3. The van der Waals surface area contributed by atoms with Gasteiger partial charge < -0.3 is 9.84 Å². The summed E-state index contributed by atoms with van der Waals surface area (Å²) < 4.78 is 5.30. The molecule has 4 heteroatoms. The van der Waals surface area contributed by atoms with Gasteiger partial charge in [0.1, 0.15) is 6.10 Å². The van der Waals surface area contributed by atoms with E-state index in [1.807, 2.05) is 6.07 Å². The van der Waals surface area contributed by atoms with Crippen LogP contribution in [0.25, 0.3) is 0 Å². The first kappa shape index (κ1) is 10.7. The molecule has 1 fully saturated rings. The van der Waals surface area contributed by atoms with Crippen molar-refractivity contribution in [2.75, 3.05) is 0 Å². The van der Waals surface area contributed by atoms with Gasteiger partial charge in [-0.2, -0.15) is 0 Å². The fourth-order valence-corrected chi connectivity index (χ4v) is 1.85. The molecule has 1 aromatic rings. The largest absolute Gasteiger partial charge is 0.493 e. The van der Waals surface area contributed by atoms with Gasteiger partial charge in [-0.3, -0.25) is 5.41 Å². The van der Waals surface area contributed by atoms with E-state index in [4.69, 9.17) is 10.1 Å². The smallest absolute Gasteiger partial charge is 0.210 e. The fraction of sp³-hybridized carbons (Fsp3) is 0.333. The van der Waals surface area contributed by atoms with Crippen LogP contribution in [0.4, 0.5) is 0 Å². The van der Waals surface area contributed by atoms with Crippen LogP contribution in [-0.2, 0) is 4.74 Å². The maximum absolute atomic E-state index is 9.24. The minimum atomic E-state index is 0.0562. The van der Waals surface area contributed by atoms with Gasteiger partial charge in [-0.05, 0) is 36.5 Å². The summed E-state index contributed by atoms with van der Waals surface area (Å²) in [6.45, 7) is 3.47. The van der Waals surface area contributed by atoms with E-state index in [0.29, 0.717) is 5.92 Å². The van der Waals surface area contributed by atoms with Crippen LogP contribution in [0.15, 0.2) is 31.0 Å². The quantitative estimate of drug-likeness (QED) is 0.603. The number of ether oxygens (including phenoxy) is 1. The molecule has 84 valence electrons. The van der Waals surface area contributed by atoms with E-state index in [2.05, 4.69) is 11.6 Å². The normalized spacial score (nSPS) is 23.2. The molecule has 4 nitrogen and oxygen atoms in total. The number of nitrogens with one attached hydrogen (secondary N) is 1. The summed E-state index contributed by atoms with van der Waals surface area (Å²) in [6, 6.07) is 3.58. The first-order valence-corrected chi connectivity index (χ1v) is 5.21. The second-order valence-electron chi connectivity index (χ2n) is 3.92. The minimum Gasteiger partial charge on any atom is -0.493 e. The molecule has 1 aliphatic carbocycles. The highest BCUT2D eigenvalue weighted by molar-refractivity contribution is 5.84. The predicted molar refractivity (Wildman–Crippen MR) is 60.7 cm³/mol. The first-order chi connectivity index (χ1) is 7.69. The van der Waals surface area contributed by atoms with Gasteiger partial charge in [-0.15, -0.1) is 0 Å². The van der Waals surface area contributed by atoms with Crippen molar-refractivity contribution in [1.82, 2.24) is 4.98 Å². The van der Waals surface area contributed by atoms with Gasteiger partial charge in [0.2, 0.25) is 11.8 Å². The maximum Gasteiger partial charge on any atom is 0.210 e. The number of aromatic hydroxyl groups is 1. The second kappa shape index (κ2) is 4.35. The molecule has 0 aromatic carbocycles. The zero-order chi connectivity index (χ0) is 11.5. The van der Waals surface area contributed by atoms with Crippen molar-refractivity contribution in [2.24, 2.45) is 0 Å². The van der Waals surface area contributed by atoms with E-state index in [0.717, 1.165) is 18.4 Å². The van der Waals surface area contributed by atoms with E-state index in [1.54, 1.807) is 12.3 Å². The Morgan fingerprint density at radius 1 is 1.62 bits per heavy atom. The average molecular weight is 218 g/mol. The molecule has 0 spiro atoms. The molecule has 1 aromatic heterocycles. The van der Waals surface area contributed by atoms with Crippen LogP contribution in [0, 0.1) is 5.41 Å². The molecule has 0 radical (unpaired) electrons. The zero-order valence-electron chi connectivity index (χ0n) is 8.89. The lowest BCUT2D eigenvalue weighted by Crippen LogP contribution is -2.31. The summed E-state index contributed by atoms with van der Waals surface area (Å²) in [5.74, 6) is 0.582. The Kier molecular flexibility index (Phi) is 2.90. The molecular formula is C12H14N2O2. The number of nitrogens with zero attached hydrogens (tertiary/aromatic N) is 1. The molecule has 0 atom stereocenters. The van der Waals surface area contributed by atoms with E-state index in [9.17, 15) is 5.11 Å². The number of hydrogen-bond acceptors (Lipinski definition) is 4. The van der Waals surface area contributed by atoms with Crippen LogP contribution in [0.5, 0.6) is 5.88 Å². The minimum absolute atomic E-state index is 0.0562. The monoisotopic (exact) mass is 218 g/mol. The second-order valence-corrected chi connectivity index (χ2v) is 3.92. The van der Waals surface area contributed by atoms with Crippen LogP contribution in [0.2, 0.25) is 0 Å². The van der Waals surface area contributed by atoms with E-state index in [-0.39, 0.29) is 17.9 Å². The van der Waals surface area contributed by atoms with Crippen LogP contribution in [-0.4, -0.2) is 22.1 Å². The third-order valence-corrected chi connectivity index (χ3v) is 2.81. The molecule has 0 unspecified atom stereocenters. The van der Waals surface area contributed by atoms with Crippen molar-refractivity contribution >= 4 is 5.90 Å². The molecule has 0 bridgehead atoms. The molecule has 2 rings (SSSR count). The molecular weight excluding hydrogens is 204 g/mol. The highest BCUT2D eigenvalue weighted by atomic mass is 16.5. The Bertz CT molecular complexity index is 411. The van der Waals surface area contributed by atoms with E-state index >= 15 is 0 Å². The Hall–Kier alpha value is -1.84. The molecule has 0 amide bonds. The molecule has 16 heavy (non-hydrogen) atoms. The summed E-state index contributed by atoms with van der Waals surface area (Å²) in [5, 5.41) is 16.6. The molecule has 1 aliphatic rings. The van der Waals surface area contributed by atoms with Crippen LogP contribution in [0.1, 0.15) is 24.3 Å². The molecule has 1 heterocycles. The summed E-state index contributed by atoms with van der Waals surface area (Å²) >= 11 is 0. The number of hydrogen-bond donors (Lipinski definition) is 2. The average Bonchev–Trinajstić information content (AvgIpc) is 2.22. The lowest BCUT2D eigenvalue weighted by Gasteiger charge is -2.35. The topological polar surface area (TPSA) is 66.2 Å². The lowest BCUT2D eigenvalue weighted by atomic mass is 9.78. The van der Waals surface area contributed by atoms with Crippen LogP contribution >= 0.6 is 0 Å². The van der Waals surface area contributed by atoms with Gasteiger partial charge in [0.15, 0.2) is 0 Å². The molecule has 2 N–H and O–H groups in total. The van der Waals surface area contributed by atoms with Gasteiger partial charge in [0.25, 0.3) is 0 Å². The van der Waals surface area contributed by atoms with Gasteiger partial charge in [-0.1, -0.05) is 6.58 Å². The first-order valence-electron chi connectivity index (χ1n) is 5.21. The standard InChI is InChI=1S/C12H14N2O2/c1-2-11(13)16-10-5-9(6-10)8-3-4-14-12(15)7-8/h2-4,7,9-10,13H,1,5-6H2,(H,14,15)/t9-,10-. The van der Waals surface area contributed by atoms with Crippen molar-refractivity contribution in [1.29, 1.82) is 5.41 Å². The molecule has 0 aliphatic heterocycles. The Labute approximate surface area is 94.1 Å². The van der Waals surface area contributed by atoms with Gasteiger partial charge in [0.05, 0.1) is 0 Å². The molecule has 0 saturated heterocycles. The van der Waals surface area contributed by atoms with Crippen molar-refractivity contribution in [3.8, 4) is 5.88 Å². The van der Waals surface area contributed by atoms with Crippen molar-refractivity contribution in [3.05, 3.63) is 36.5 Å². The van der Waals surface area contributed by atoms with E-state index in [1.165, 1.54) is 6.08 Å². The Morgan fingerprint density at radius 2 is 2.38 bits per heavy atom. The third-order valence-electron chi connectivity index (χ3n) is 2.81. The van der Waals surface area contributed by atoms with Crippen molar-refractivity contribution < 1.29 is 9.84 Å². The number of aromatic nitrogens is 1. The van der Waals surface area contributed by atoms with Gasteiger partial charge in [-0.25, -0.2) is 4.98 Å². The van der Waals surface area contributed by atoms with Gasteiger partial charge >= 0.3 is 0 Å². The van der Waals surface area contributed by atoms with Crippen LogP contribution < -0.4 is 0 Å². The van der Waals surface area contributed by atoms with Crippen LogP contribution in [0.3, 0.4) is 0 Å². The summed E-state index contributed by atoms with van der Waals surface area (Å²) in [4.78, 5) is 3.74. The maximum atomic E-state index is 9.24. The SMILES string of the molecule is C=CC(=N)O[C@H]1C[C@H](c2ccnc(O)c2)C1. The van der Waals surface area contributed by atoms with Gasteiger partial charge in [0, 0.05) is 12.3 Å².